The van der Waals surface area contributed by atoms with Crippen molar-refractivity contribution in [1.82, 2.24) is 14.5 Å². The van der Waals surface area contributed by atoms with Crippen LogP contribution in [-0.4, -0.2) is 27.1 Å². The van der Waals surface area contributed by atoms with E-state index < -0.39 is 0 Å². The zero-order valence-electron chi connectivity index (χ0n) is 15.8. The number of ether oxygens (including phenoxy) is 1. The van der Waals surface area contributed by atoms with Crippen LogP contribution >= 0.6 is 0 Å². The van der Waals surface area contributed by atoms with Gasteiger partial charge in [-0.1, -0.05) is 60.7 Å². The molecule has 0 unspecified atom stereocenters. The Morgan fingerprint density at radius 3 is 2.34 bits per heavy atom. The standard InChI is InChI=1S/C24H19N3O2/c28-22(29-15-14-17-8-2-1-3-9-17)16-27-21-13-7-4-10-18(21)23-24(27)26-20-12-6-5-11-19(20)25-23/h1-13H,14-16H2. The van der Waals surface area contributed by atoms with E-state index in [0.29, 0.717) is 18.7 Å². The fourth-order valence-corrected chi connectivity index (χ4v) is 3.65. The first-order chi connectivity index (χ1) is 14.3. The van der Waals surface area contributed by atoms with E-state index in [4.69, 9.17) is 14.7 Å². The van der Waals surface area contributed by atoms with Gasteiger partial charge < -0.3 is 9.30 Å². The molecule has 0 aliphatic heterocycles. The lowest BCUT2D eigenvalue weighted by Gasteiger charge is -2.08. The first-order valence-corrected chi connectivity index (χ1v) is 9.63. The van der Waals surface area contributed by atoms with Crippen LogP contribution in [-0.2, 0) is 22.5 Å². The fraction of sp³-hybridized carbons (Fsp3) is 0.125. The van der Waals surface area contributed by atoms with E-state index in [2.05, 4.69) is 0 Å². The SMILES string of the molecule is O=C(Cn1c2ccccc2c2nc3ccccc3nc21)OCCc1ccccc1. The number of carbonyl (C=O) groups excluding carboxylic acids is 1. The van der Waals surface area contributed by atoms with Crippen LogP contribution in [0.2, 0.25) is 0 Å². The molecule has 0 fully saturated rings. The maximum Gasteiger partial charge on any atom is 0.326 e. The van der Waals surface area contributed by atoms with Crippen molar-refractivity contribution in [2.75, 3.05) is 6.61 Å². The third-order valence-electron chi connectivity index (χ3n) is 5.04. The molecule has 0 atom stereocenters. The molecule has 3 aromatic carbocycles. The largest absolute Gasteiger partial charge is 0.464 e. The predicted molar refractivity (Wildman–Crippen MR) is 114 cm³/mol. The lowest BCUT2D eigenvalue weighted by Crippen LogP contribution is -2.15. The number of fused-ring (bicyclic) bond motifs is 4. The monoisotopic (exact) mass is 381 g/mol. The van der Waals surface area contributed by atoms with Crippen molar-refractivity contribution in [3.05, 3.63) is 84.4 Å². The summed E-state index contributed by atoms with van der Waals surface area (Å²) in [6.07, 6.45) is 0.699. The highest BCUT2D eigenvalue weighted by Gasteiger charge is 2.16. The Bertz CT molecular complexity index is 1330. The fourth-order valence-electron chi connectivity index (χ4n) is 3.65. The number of hydrogen-bond acceptors (Lipinski definition) is 4. The molecule has 5 nitrogen and oxygen atoms in total. The number of nitrogens with zero attached hydrogens (tertiary/aromatic N) is 3. The van der Waals surface area contributed by atoms with Gasteiger partial charge in [0.25, 0.3) is 0 Å². The maximum absolute atomic E-state index is 12.6. The molecule has 0 saturated heterocycles. The third kappa shape index (κ3) is 3.31. The van der Waals surface area contributed by atoms with E-state index in [9.17, 15) is 4.79 Å². The van der Waals surface area contributed by atoms with Crippen LogP contribution in [0.15, 0.2) is 78.9 Å². The second-order valence-electron chi connectivity index (χ2n) is 6.94. The molecule has 5 rings (SSSR count). The smallest absolute Gasteiger partial charge is 0.326 e. The summed E-state index contributed by atoms with van der Waals surface area (Å²) in [5, 5.41) is 0.984. The van der Waals surface area contributed by atoms with Gasteiger partial charge in [0.05, 0.1) is 23.2 Å². The summed E-state index contributed by atoms with van der Waals surface area (Å²) < 4.78 is 7.39. The highest BCUT2D eigenvalue weighted by atomic mass is 16.5. The molecule has 0 aliphatic carbocycles. The number of hydrogen-bond donors (Lipinski definition) is 0. The average molecular weight is 381 g/mol. The van der Waals surface area contributed by atoms with E-state index in [1.54, 1.807) is 0 Å². The molecule has 5 heteroatoms. The van der Waals surface area contributed by atoms with Crippen molar-refractivity contribution < 1.29 is 9.53 Å². The Morgan fingerprint density at radius 2 is 1.52 bits per heavy atom. The first-order valence-electron chi connectivity index (χ1n) is 9.63. The van der Waals surface area contributed by atoms with Gasteiger partial charge in [0, 0.05) is 11.8 Å². The number of rotatable bonds is 5. The minimum Gasteiger partial charge on any atom is -0.464 e. The van der Waals surface area contributed by atoms with E-state index in [-0.39, 0.29) is 12.5 Å². The van der Waals surface area contributed by atoms with Crippen molar-refractivity contribution in [3.8, 4) is 0 Å². The summed E-state index contributed by atoms with van der Waals surface area (Å²) in [5.41, 5.74) is 5.23. The molecule has 142 valence electrons. The van der Waals surface area contributed by atoms with Gasteiger partial charge in [0.2, 0.25) is 0 Å². The molecule has 0 bridgehead atoms. The minimum atomic E-state index is -0.279. The van der Waals surface area contributed by atoms with Gasteiger partial charge in [-0.25, -0.2) is 9.97 Å². The molecule has 29 heavy (non-hydrogen) atoms. The van der Waals surface area contributed by atoms with Gasteiger partial charge in [0.15, 0.2) is 5.65 Å². The Balaban J connectivity index is 1.46. The van der Waals surface area contributed by atoms with Crippen molar-refractivity contribution in [1.29, 1.82) is 0 Å². The summed E-state index contributed by atoms with van der Waals surface area (Å²) in [5.74, 6) is -0.279. The molecule has 0 radical (unpaired) electrons. The highest BCUT2D eigenvalue weighted by molar-refractivity contribution is 6.06. The van der Waals surface area contributed by atoms with E-state index in [1.807, 2.05) is 83.4 Å². The summed E-state index contributed by atoms with van der Waals surface area (Å²) in [4.78, 5) is 22.1. The van der Waals surface area contributed by atoms with Gasteiger partial charge in [-0.2, -0.15) is 0 Å². The number of para-hydroxylation sites is 3. The van der Waals surface area contributed by atoms with Gasteiger partial charge in [-0.05, 0) is 23.8 Å². The van der Waals surface area contributed by atoms with Gasteiger partial charge >= 0.3 is 5.97 Å². The van der Waals surface area contributed by atoms with Crippen molar-refractivity contribution in [2.24, 2.45) is 0 Å². The Kier molecular flexibility index (Phi) is 4.41. The van der Waals surface area contributed by atoms with Gasteiger partial charge in [0.1, 0.15) is 12.1 Å². The van der Waals surface area contributed by atoms with E-state index in [1.165, 1.54) is 0 Å². The van der Waals surface area contributed by atoms with Crippen molar-refractivity contribution in [3.63, 3.8) is 0 Å². The third-order valence-corrected chi connectivity index (χ3v) is 5.04. The quantitative estimate of drug-likeness (QED) is 0.420. The molecular weight excluding hydrogens is 362 g/mol. The summed E-state index contributed by atoms with van der Waals surface area (Å²) in [7, 11) is 0. The molecule has 0 amide bonds. The Morgan fingerprint density at radius 1 is 0.828 bits per heavy atom. The van der Waals surface area contributed by atoms with Crippen LogP contribution in [0.25, 0.3) is 33.1 Å². The number of aromatic nitrogens is 3. The van der Waals surface area contributed by atoms with Gasteiger partial charge in [-0.3, -0.25) is 4.79 Å². The zero-order chi connectivity index (χ0) is 19.6. The van der Waals surface area contributed by atoms with Crippen LogP contribution in [0.5, 0.6) is 0 Å². The highest BCUT2D eigenvalue weighted by Crippen LogP contribution is 2.28. The second-order valence-corrected chi connectivity index (χ2v) is 6.94. The second kappa shape index (κ2) is 7.36. The van der Waals surface area contributed by atoms with Crippen molar-refractivity contribution in [2.45, 2.75) is 13.0 Å². The predicted octanol–water partition coefficient (Wildman–Crippen LogP) is 4.52. The Hall–Kier alpha value is -3.73. The number of benzene rings is 3. The minimum absolute atomic E-state index is 0.103. The summed E-state index contributed by atoms with van der Waals surface area (Å²) in [6, 6.07) is 25.7. The molecule has 2 heterocycles. The zero-order valence-corrected chi connectivity index (χ0v) is 15.8. The summed E-state index contributed by atoms with van der Waals surface area (Å²) >= 11 is 0. The maximum atomic E-state index is 12.6. The van der Waals surface area contributed by atoms with E-state index >= 15 is 0 Å². The molecule has 2 aromatic heterocycles. The van der Waals surface area contributed by atoms with Gasteiger partial charge in [-0.15, -0.1) is 0 Å². The normalized spacial score (nSPS) is 11.3. The molecule has 0 aliphatic rings. The number of carbonyl (C=O) groups is 1. The van der Waals surface area contributed by atoms with Crippen LogP contribution in [0.3, 0.4) is 0 Å². The molecule has 0 spiro atoms. The Labute approximate surface area is 167 Å². The van der Waals surface area contributed by atoms with E-state index in [0.717, 1.165) is 33.0 Å². The van der Waals surface area contributed by atoms with Crippen LogP contribution in [0.1, 0.15) is 5.56 Å². The molecule has 0 N–H and O–H groups in total. The van der Waals surface area contributed by atoms with Crippen LogP contribution in [0.4, 0.5) is 0 Å². The van der Waals surface area contributed by atoms with Crippen LogP contribution in [0, 0.1) is 0 Å². The summed E-state index contributed by atoms with van der Waals surface area (Å²) in [6.45, 7) is 0.459. The average Bonchev–Trinajstić information content (AvgIpc) is 3.06. The van der Waals surface area contributed by atoms with Crippen molar-refractivity contribution >= 4 is 39.1 Å². The molecular formula is C24H19N3O2. The lowest BCUT2D eigenvalue weighted by atomic mass is 10.2. The topological polar surface area (TPSA) is 57.0 Å². The molecule has 0 saturated carbocycles. The molecule has 5 aromatic rings. The number of esters is 1. The van der Waals surface area contributed by atoms with Crippen LogP contribution < -0.4 is 0 Å². The lowest BCUT2D eigenvalue weighted by molar-refractivity contribution is -0.144. The first kappa shape index (κ1) is 17.4.